The van der Waals surface area contributed by atoms with Crippen LogP contribution in [0.2, 0.25) is 0 Å². The van der Waals surface area contributed by atoms with Crippen LogP contribution < -0.4 is 0 Å². The summed E-state index contributed by atoms with van der Waals surface area (Å²) in [6.07, 6.45) is 77.2. The van der Waals surface area contributed by atoms with Gasteiger partial charge in [-0.1, -0.05) is 246 Å². The highest BCUT2D eigenvalue weighted by molar-refractivity contribution is 5.71. The summed E-state index contributed by atoms with van der Waals surface area (Å²) >= 11 is 0. The monoisotopic (exact) mass is 973 g/mol. The van der Waals surface area contributed by atoms with Crippen LogP contribution in [-0.4, -0.2) is 37.2 Å². The molecule has 6 nitrogen and oxygen atoms in total. The molecule has 0 aromatic heterocycles. The van der Waals surface area contributed by atoms with Gasteiger partial charge in [-0.25, -0.2) is 0 Å². The highest BCUT2D eigenvalue weighted by Gasteiger charge is 2.19. The largest absolute Gasteiger partial charge is 0.462 e. The Bertz CT molecular complexity index is 1400. The first kappa shape index (κ1) is 66.3. The van der Waals surface area contributed by atoms with Crippen molar-refractivity contribution in [3.63, 3.8) is 0 Å². The molecule has 0 aliphatic heterocycles. The van der Waals surface area contributed by atoms with Gasteiger partial charge in [0.05, 0.1) is 0 Å². The molecule has 6 heteroatoms. The van der Waals surface area contributed by atoms with Gasteiger partial charge in [0, 0.05) is 19.3 Å². The molecule has 0 fully saturated rings. The second-order valence-corrected chi connectivity index (χ2v) is 19.2. The lowest BCUT2D eigenvalue weighted by Crippen LogP contribution is -2.30. The van der Waals surface area contributed by atoms with Gasteiger partial charge in [0.2, 0.25) is 0 Å². The van der Waals surface area contributed by atoms with Gasteiger partial charge in [0.15, 0.2) is 6.10 Å². The predicted molar refractivity (Wildman–Crippen MR) is 302 cm³/mol. The number of carbonyl (C=O) groups is 3. The highest BCUT2D eigenvalue weighted by Crippen LogP contribution is 2.15. The van der Waals surface area contributed by atoms with Gasteiger partial charge in [-0.05, 0) is 103 Å². The summed E-state index contributed by atoms with van der Waals surface area (Å²) in [6.45, 7) is 6.45. The van der Waals surface area contributed by atoms with Crippen LogP contribution in [0.5, 0.6) is 0 Å². The second-order valence-electron chi connectivity index (χ2n) is 19.2. The third kappa shape index (κ3) is 55.3. The number of carbonyl (C=O) groups excluding carboxylic acids is 3. The molecular formula is C64H108O6. The van der Waals surface area contributed by atoms with Crippen molar-refractivity contribution < 1.29 is 28.6 Å². The smallest absolute Gasteiger partial charge is 0.306 e. The third-order valence-electron chi connectivity index (χ3n) is 12.3. The maximum Gasteiger partial charge on any atom is 0.306 e. The first-order valence-electron chi connectivity index (χ1n) is 29.2. The van der Waals surface area contributed by atoms with E-state index in [4.69, 9.17) is 14.2 Å². The molecule has 0 rings (SSSR count). The first-order valence-corrected chi connectivity index (χ1v) is 29.2. The van der Waals surface area contributed by atoms with Gasteiger partial charge in [-0.3, -0.25) is 14.4 Å². The topological polar surface area (TPSA) is 78.9 Å². The molecule has 0 N–H and O–H groups in total. The summed E-state index contributed by atoms with van der Waals surface area (Å²) in [5.74, 6) is -0.897. The number of hydrogen-bond donors (Lipinski definition) is 0. The van der Waals surface area contributed by atoms with E-state index in [1.54, 1.807) is 0 Å². The SMILES string of the molecule is CC/C=C\C/C=C\C/C=C\C/C=C\C/C=C\C/C=C\C/C=C\CCCCCCCCCCCCCC(=O)OCC(COC(=O)CCCCCCCCC)OC(=O)CCCCCCC/C=C\CCCCC. The standard InChI is InChI=1S/C64H108O6/c1-4-7-10-13-16-18-20-22-23-24-25-26-27-28-29-30-31-32-33-34-35-36-37-38-39-40-41-42-44-45-48-51-54-57-63(66)69-60-61(59-68-62(65)56-53-50-47-15-12-9-6-3)70-64(67)58-55-52-49-46-43-21-19-17-14-11-8-5-2/h7,10,16-19,22-23,25-26,28-29,31-32,34-35,61H,4-6,8-9,11-15,20-21,24,27,30,33,36-60H2,1-3H3/b10-7-,18-16-,19-17-,23-22-,26-25-,29-28-,32-31-,35-34-. The molecule has 0 radical (unpaired) electrons. The van der Waals surface area contributed by atoms with Crippen LogP contribution in [0, 0.1) is 0 Å². The fraction of sp³-hybridized carbons (Fsp3) is 0.703. The van der Waals surface area contributed by atoms with E-state index in [0.29, 0.717) is 19.3 Å². The van der Waals surface area contributed by atoms with Crippen LogP contribution in [-0.2, 0) is 28.6 Å². The van der Waals surface area contributed by atoms with Crippen molar-refractivity contribution >= 4 is 17.9 Å². The number of ether oxygens (including phenoxy) is 3. The van der Waals surface area contributed by atoms with Gasteiger partial charge in [0.1, 0.15) is 13.2 Å². The molecule has 0 aromatic carbocycles. The van der Waals surface area contributed by atoms with E-state index in [1.165, 1.54) is 116 Å². The Morgan fingerprint density at radius 3 is 0.914 bits per heavy atom. The zero-order valence-corrected chi connectivity index (χ0v) is 45.8. The zero-order chi connectivity index (χ0) is 50.7. The number of unbranched alkanes of at least 4 members (excludes halogenated alkanes) is 25. The van der Waals surface area contributed by atoms with Crippen molar-refractivity contribution in [2.75, 3.05) is 13.2 Å². The van der Waals surface area contributed by atoms with E-state index in [0.717, 1.165) is 116 Å². The lowest BCUT2D eigenvalue weighted by atomic mass is 10.0. The molecule has 1 unspecified atom stereocenters. The van der Waals surface area contributed by atoms with Gasteiger partial charge in [-0.15, -0.1) is 0 Å². The Labute approximate surface area is 432 Å². The average molecular weight is 974 g/mol. The summed E-state index contributed by atoms with van der Waals surface area (Å²) in [6, 6.07) is 0. The fourth-order valence-electron chi connectivity index (χ4n) is 7.95. The molecule has 0 spiro atoms. The van der Waals surface area contributed by atoms with Crippen molar-refractivity contribution in [1.29, 1.82) is 0 Å². The molecule has 0 aromatic rings. The molecule has 70 heavy (non-hydrogen) atoms. The Morgan fingerprint density at radius 2 is 0.557 bits per heavy atom. The quantitative estimate of drug-likeness (QED) is 0.0262. The molecule has 0 saturated heterocycles. The minimum absolute atomic E-state index is 0.0794. The van der Waals surface area contributed by atoms with Crippen molar-refractivity contribution in [2.45, 2.75) is 277 Å². The molecule has 0 aliphatic carbocycles. The van der Waals surface area contributed by atoms with Gasteiger partial charge >= 0.3 is 17.9 Å². The Balaban J connectivity index is 4.06. The van der Waals surface area contributed by atoms with Crippen LogP contribution in [0.1, 0.15) is 271 Å². The van der Waals surface area contributed by atoms with E-state index in [2.05, 4.69) is 118 Å². The molecule has 0 aliphatic rings. The minimum atomic E-state index is -0.778. The summed E-state index contributed by atoms with van der Waals surface area (Å²) in [5.41, 5.74) is 0. The second kappa shape index (κ2) is 57.9. The molecular weight excluding hydrogens is 865 g/mol. The van der Waals surface area contributed by atoms with E-state index in [-0.39, 0.29) is 31.1 Å². The maximum absolute atomic E-state index is 12.7. The Hall–Kier alpha value is -3.67. The number of allylic oxidation sites excluding steroid dienone is 16. The van der Waals surface area contributed by atoms with Gasteiger partial charge in [0.25, 0.3) is 0 Å². The molecule has 0 bridgehead atoms. The Kier molecular flexibility index (Phi) is 54.9. The van der Waals surface area contributed by atoms with E-state index < -0.39 is 6.10 Å². The lowest BCUT2D eigenvalue weighted by molar-refractivity contribution is -0.167. The average Bonchev–Trinajstić information content (AvgIpc) is 3.36. The normalized spacial score (nSPS) is 12.8. The van der Waals surface area contributed by atoms with Crippen molar-refractivity contribution in [1.82, 2.24) is 0 Å². The number of hydrogen-bond acceptors (Lipinski definition) is 6. The predicted octanol–water partition coefficient (Wildman–Crippen LogP) is 19.7. The number of rotatable bonds is 52. The lowest BCUT2D eigenvalue weighted by Gasteiger charge is -2.18. The summed E-state index contributed by atoms with van der Waals surface area (Å²) in [7, 11) is 0. The van der Waals surface area contributed by atoms with Crippen molar-refractivity contribution in [2.24, 2.45) is 0 Å². The molecule has 1 atom stereocenters. The highest BCUT2D eigenvalue weighted by atomic mass is 16.6. The minimum Gasteiger partial charge on any atom is -0.462 e. The maximum atomic E-state index is 12.7. The Morgan fingerprint density at radius 1 is 0.300 bits per heavy atom. The van der Waals surface area contributed by atoms with Crippen LogP contribution in [0.15, 0.2) is 97.2 Å². The molecule has 0 saturated carbocycles. The van der Waals surface area contributed by atoms with E-state index in [1.807, 2.05) is 0 Å². The van der Waals surface area contributed by atoms with Crippen LogP contribution >= 0.6 is 0 Å². The van der Waals surface area contributed by atoms with E-state index in [9.17, 15) is 14.4 Å². The summed E-state index contributed by atoms with van der Waals surface area (Å²) in [4.78, 5) is 37.8. The van der Waals surface area contributed by atoms with Crippen LogP contribution in [0.4, 0.5) is 0 Å². The van der Waals surface area contributed by atoms with Gasteiger partial charge < -0.3 is 14.2 Å². The van der Waals surface area contributed by atoms with E-state index >= 15 is 0 Å². The molecule has 0 heterocycles. The summed E-state index contributed by atoms with van der Waals surface area (Å²) in [5, 5.41) is 0. The molecule has 400 valence electrons. The first-order chi connectivity index (χ1) is 34.5. The zero-order valence-electron chi connectivity index (χ0n) is 45.8. The fourth-order valence-corrected chi connectivity index (χ4v) is 7.95. The third-order valence-corrected chi connectivity index (χ3v) is 12.3. The van der Waals surface area contributed by atoms with Crippen molar-refractivity contribution in [3.05, 3.63) is 97.2 Å². The number of esters is 3. The summed E-state index contributed by atoms with van der Waals surface area (Å²) < 4.78 is 16.7. The van der Waals surface area contributed by atoms with Crippen LogP contribution in [0.3, 0.4) is 0 Å². The van der Waals surface area contributed by atoms with Crippen LogP contribution in [0.25, 0.3) is 0 Å². The van der Waals surface area contributed by atoms with Gasteiger partial charge in [-0.2, -0.15) is 0 Å². The molecule has 0 amide bonds. The van der Waals surface area contributed by atoms with Crippen molar-refractivity contribution in [3.8, 4) is 0 Å².